The molecule has 1 atom stereocenters. The standard InChI is InChI=1S/C19H16N2O6/c1-12(17-10-14-4-2-3-5-16(14)27-17)20-18(22)11-26-19(23)13-6-8-15(9-7-13)21(24)25/h2-10,12H,11H2,1H3,(H,20,22)/t12-/m0/s1. The van der Waals surface area contributed by atoms with Gasteiger partial charge in [0.05, 0.1) is 16.5 Å². The number of non-ortho nitro benzene ring substituents is 1. The maximum Gasteiger partial charge on any atom is 0.338 e. The normalized spacial score (nSPS) is 11.7. The van der Waals surface area contributed by atoms with Crippen molar-refractivity contribution < 1.29 is 23.7 Å². The van der Waals surface area contributed by atoms with Crippen molar-refractivity contribution in [3.63, 3.8) is 0 Å². The summed E-state index contributed by atoms with van der Waals surface area (Å²) < 4.78 is 10.6. The SMILES string of the molecule is C[C@H](NC(=O)COC(=O)c1ccc([N+](=O)[O-])cc1)c1cc2ccccc2o1. The molecule has 0 saturated heterocycles. The molecule has 0 bridgehead atoms. The molecule has 0 saturated carbocycles. The highest BCUT2D eigenvalue weighted by Gasteiger charge is 2.16. The minimum atomic E-state index is -0.739. The van der Waals surface area contributed by atoms with Gasteiger partial charge in [-0.3, -0.25) is 14.9 Å². The predicted molar refractivity (Wildman–Crippen MR) is 96.2 cm³/mol. The van der Waals surface area contributed by atoms with Crippen LogP contribution in [0.15, 0.2) is 59.0 Å². The van der Waals surface area contributed by atoms with Gasteiger partial charge in [-0.15, -0.1) is 0 Å². The molecule has 138 valence electrons. The second kappa shape index (κ2) is 7.69. The van der Waals surface area contributed by atoms with Crippen molar-refractivity contribution in [2.24, 2.45) is 0 Å². The topological polar surface area (TPSA) is 112 Å². The summed E-state index contributed by atoms with van der Waals surface area (Å²) in [6, 6.07) is 13.9. The number of rotatable bonds is 6. The number of amides is 1. The van der Waals surface area contributed by atoms with Gasteiger partial charge in [0, 0.05) is 17.5 Å². The lowest BCUT2D eigenvalue weighted by Gasteiger charge is -2.11. The number of hydrogen-bond acceptors (Lipinski definition) is 6. The van der Waals surface area contributed by atoms with Crippen LogP contribution >= 0.6 is 0 Å². The molecule has 1 aromatic heterocycles. The maximum atomic E-state index is 12.0. The van der Waals surface area contributed by atoms with Crippen molar-refractivity contribution in [1.82, 2.24) is 5.32 Å². The molecule has 0 spiro atoms. The number of nitrogens with zero attached hydrogens (tertiary/aromatic N) is 1. The molecule has 0 aliphatic heterocycles. The van der Waals surface area contributed by atoms with E-state index in [0.29, 0.717) is 5.76 Å². The quantitative estimate of drug-likeness (QED) is 0.405. The van der Waals surface area contributed by atoms with Crippen LogP contribution in [-0.4, -0.2) is 23.4 Å². The van der Waals surface area contributed by atoms with E-state index in [1.807, 2.05) is 30.3 Å². The Morgan fingerprint density at radius 1 is 1.19 bits per heavy atom. The molecule has 27 heavy (non-hydrogen) atoms. The van der Waals surface area contributed by atoms with Crippen molar-refractivity contribution in [2.75, 3.05) is 6.61 Å². The summed E-state index contributed by atoms with van der Waals surface area (Å²) in [6.45, 7) is 1.29. The van der Waals surface area contributed by atoms with E-state index in [4.69, 9.17) is 9.15 Å². The molecule has 3 rings (SSSR count). The summed E-state index contributed by atoms with van der Waals surface area (Å²) >= 11 is 0. The first-order valence-electron chi connectivity index (χ1n) is 8.13. The summed E-state index contributed by atoms with van der Waals surface area (Å²) in [7, 11) is 0. The highest BCUT2D eigenvalue weighted by atomic mass is 16.6. The summed E-state index contributed by atoms with van der Waals surface area (Å²) in [5.74, 6) is -0.638. The Balaban J connectivity index is 1.54. The molecule has 0 radical (unpaired) electrons. The third kappa shape index (κ3) is 4.30. The molecule has 1 amide bonds. The number of nitro groups is 1. The van der Waals surface area contributed by atoms with E-state index in [1.165, 1.54) is 24.3 Å². The van der Waals surface area contributed by atoms with E-state index in [9.17, 15) is 19.7 Å². The first-order chi connectivity index (χ1) is 12.9. The second-order valence-electron chi connectivity index (χ2n) is 5.86. The van der Waals surface area contributed by atoms with Crippen molar-refractivity contribution in [3.8, 4) is 0 Å². The van der Waals surface area contributed by atoms with E-state index in [0.717, 1.165) is 11.0 Å². The number of esters is 1. The van der Waals surface area contributed by atoms with E-state index in [1.54, 1.807) is 6.92 Å². The summed E-state index contributed by atoms with van der Waals surface area (Å²) in [5.41, 5.74) is 0.709. The van der Waals surface area contributed by atoms with Crippen molar-refractivity contribution in [2.45, 2.75) is 13.0 Å². The molecule has 2 aromatic carbocycles. The highest BCUT2D eigenvalue weighted by molar-refractivity contribution is 5.91. The van der Waals surface area contributed by atoms with Gasteiger partial charge < -0.3 is 14.5 Å². The first-order valence-corrected chi connectivity index (χ1v) is 8.13. The molecule has 3 aromatic rings. The van der Waals surface area contributed by atoms with E-state index in [2.05, 4.69) is 5.32 Å². The Bertz CT molecular complexity index is 960. The second-order valence-corrected chi connectivity index (χ2v) is 5.86. The lowest BCUT2D eigenvalue weighted by molar-refractivity contribution is -0.384. The van der Waals surface area contributed by atoms with Crippen molar-refractivity contribution >= 4 is 28.5 Å². The molecule has 8 nitrogen and oxygen atoms in total. The maximum absolute atomic E-state index is 12.0. The monoisotopic (exact) mass is 368 g/mol. The van der Waals surface area contributed by atoms with Crippen LogP contribution < -0.4 is 5.32 Å². The zero-order valence-electron chi connectivity index (χ0n) is 14.4. The van der Waals surface area contributed by atoms with Crippen LogP contribution in [-0.2, 0) is 9.53 Å². The Kier molecular flexibility index (Phi) is 5.16. The van der Waals surface area contributed by atoms with Gasteiger partial charge in [-0.1, -0.05) is 18.2 Å². The van der Waals surface area contributed by atoms with Gasteiger partial charge in [-0.2, -0.15) is 0 Å². The Morgan fingerprint density at radius 3 is 2.56 bits per heavy atom. The molecule has 0 fully saturated rings. The number of benzene rings is 2. The Hall–Kier alpha value is -3.68. The average Bonchev–Trinajstić information content (AvgIpc) is 3.10. The summed E-state index contributed by atoms with van der Waals surface area (Å²) in [4.78, 5) is 33.9. The average molecular weight is 368 g/mol. The van der Waals surface area contributed by atoms with Crippen LogP contribution in [0.2, 0.25) is 0 Å². The highest BCUT2D eigenvalue weighted by Crippen LogP contribution is 2.23. The van der Waals surface area contributed by atoms with Crippen LogP contribution in [0.4, 0.5) is 5.69 Å². The number of fused-ring (bicyclic) bond motifs is 1. The molecule has 1 N–H and O–H groups in total. The van der Waals surface area contributed by atoms with Gasteiger partial charge in [-0.25, -0.2) is 4.79 Å². The van der Waals surface area contributed by atoms with Crippen LogP contribution in [0.5, 0.6) is 0 Å². The smallest absolute Gasteiger partial charge is 0.338 e. The summed E-state index contributed by atoms with van der Waals surface area (Å²) in [5, 5.41) is 14.2. The van der Waals surface area contributed by atoms with Gasteiger partial charge in [0.1, 0.15) is 11.3 Å². The van der Waals surface area contributed by atoms with Gasteiger partial charge in [-0.05, 0) is 31.2 Å². The lowest BCUT2D eigenvalue weighted by atomic mass is 10.2. The zero-order valence-corrected chi connectivity index (χ0v) is 14.4. The van der Waals surface area contributed by atoms with Crippen molar-refractivity contribution in [3.05, 3.63) is 76.0 Å². The molecule has 0 aliphatic carbocycles. The van der Waals surface area contributed by atoms with Crippen LogP contribution in [0, 0.1) is 10.1 Å². The number of ether oxygens (including phenoxy) is 1. The minimum Gasteiger partial charge on any atom is -0.459 e. The Labute approximate surface area is 153 Å². The fourth-order valence-electron chi connectivity index (χ4n) is 2.50. The van der Waals surface area contributed by atoms with E-state index >= 15 is 0 Å². The summed E-state index contributed by atoms with van der Waals surface area (Å²) in [6.07, 6.45) is 0. The number of hydrogen-bond donors (Lipinski definition) is 1. The van der Waals surface area contributed by atoms with Gasteiger partial charge in [0.2, 0.25) is 0 Å². The number of para-hydroxylation sites is 1. The van der Waals surface area contributed by atoms with Crippen LogP contribution in [0.3, 0.4) is 0 Å². The van der Waals surface area contributed by atoms with Crippen molar-refractivity contribution in [1.29, 1.82) is 0 Å². The number of carbonyl (C=O) groups is 2. The fraction of sp³-hybridized carbons (Fsp3) is 0.158. The van der Waals surface area contributed by atoms with Crippen LogP contribution in [0.25, 0.3) is 11.0 Å². The van der Waals surface area contributed by atoms with E-state index in [-0.39, 0.29) is 11.3 Å². The van der Waals surface area contributed by atoms with E-state index < -0.39 is 29.4 Å². The molecule has 0 unspecified atom stereocenters. The third-order valence-corrected chi connectivity index (χ3v) is 3.90. The van der Waals surface area contributed by atoms with Crippen LogP contribution in [0.1, 0.15) is 29.1 Å². The zero-order chi connectivity index (χ0) is 19.4. The Morgan fingerprint density at radius 2 is 1.89 bits per heavy atom. The molecule has 8 heteroatoms. The third-order valence-electron chi connectivity index (χ3n) is 3.90. The number of nitro benzene ring substituents is 1. The fourth-order valence-corrected chi connectivity index (χ4v) is 2.50. The predicted octanol–water partition coefficient (Wildman–Crippen LogP) is 3.38. The molecule has 1 heterocycles. The first kappa shape index (κ1) is 18.1. The number of carbonyl (C=O) groups excluding carboxylic acids is 2. The molecular weight excluding hydrogens is 352 g/mol. The number of furan rings is 1. The number of nitrogens with one attached hydrogen (secondary N) is 1. The van der Waals surface area contributed by atoms with Gasteiger partial charge >= 0.3 is 5.97 Å². The molecular formula is C19H16N2O6. The van der Waals surface area contributed by atoms with Gasteiger partial charge in [0.15, 0.2) is 6.61 Å². The van der Waals surface area contributed by atoms with Gasteiger partial charge in [0.25, 0.3) is 11.6 Å². The largest absolute Gasteiger partial charge is 0.459 e. The minimum absolute atomic E-state index is 0.124. The molecule has 0 aliphatic rings. The lowest BCUT2D eigenvalue weighted by Crippen LogP contribution is -2.31.